The van der Waals surface area contributed by atoms with Crippen LogP contribution >= 0.6 is 0 Å². The molecule has 0 aromatic heterocycles. The summed E-state index contributed by atoms with van der Waals surface area (Å²) < 4.78 is 0. The van der Waals surface area contributed by atoms with Crippen LogP contribution in [0.25, 0.3) is 0 Å². The molecule has 4 N–H and O–H groups in total. The zero-order chi connectivity index (χ0) is 5.86. The standard InChI is InChI=1S/C4H6N2O/c1-2-3(5)4(6)7/h1,3H,5H2,(H2,6,7)/t3-/m1/s1. The van der Waals surface area contributed by atoms with Crippen LogP contribution in [0.3, 0.4) is 0 Å². The minimum absolute atomic E-state index is 0.664. The molecule has 0 aromatic carbocycles. The van der Waals surface area contributed by atoms with Crippen molar-refractivity contribution in [1.29, 1.82) is 0 Å². The first-order valence-corrected chi connectivity index (χ1v) is 1.69. The highest BCUT2D eigenvalue weighted by molar-refractivity contribution is 5.82. The number of carbonyl (C=O) groups excluding carboxylic acids is 1. The molecule has 0 fully saturated rings. The number of terminal acetylenes is 1. The summed E-state index contributed by atoms with van der Waals surface area (Å²) in [5.74, 6) is 1.30. The molecule has 0 aromatic rings. The highest BCUT2D eigenvalue weighted by Gasteiger charge is 2.00. The van der Waals surface area contributed by atoms with E-state index in [0.29, 0.717) is 0 Å². The Morgan fingerprint density at radius 2 is 2.29 bits per heavy atom. The Kier molecular flexibility index (Phi) is 1.89. The molecule has 0 aliphatic carbocycles. The third-order valence-electron chi connectivity index (χ3n) is 0.486. The van der Waals surface area contributed by atoms with Crippen LogP contribution in [0.15, 0.2) is 0 Å². The van der Waals surface area contributed by atoms with Crippen molar-refractivity contribution in [2.45, 2.75) is 6.04 Å². The number of nitrogens with two attached hydrogens (primary N) is 2. The second kappa shape index (κ2) is 2.21. The monoisotopic (exact) mass is 98.0 g/mol. The summed E-state index contributed by atoms with van der Waals surface area (Å²) in [6.45, 7) is 0. The molecule has 1 amide bonds. The Hall–Kier alpha value is -1.01. The molecular weight excluding hydrogens is 92.1 g/mol. The molecule has 0 aliphatic rings. The minimum Gasteiger partial charge on any atom is -0.367 e. The van der Waals surface area contributed by atoms with Gasteiger partial charge in [-0.15, -0.1) is 6.42 Å². The predicted molar refractivity (Wildman–Crippen MR) is 26.0 cm³/mol. The van der Waals surface area contributed by atoms with Crippen LogP contribution in [0.5, 0.6) is 0 Å². The van der Waals surface area contributed by atoms with Crippen LogP contribution in [-0.2, 0) is 4.79 Å². The smallest absolute Gasteiger partial charge is 0.246 e. The van der Waals surface area contributed by atoms with Crippen molar-refractivity contribution < 1.29 is 4.79 Å². The number of amides is 1. The van der Waals surface area contributed by atoms with Gasteiger partial charge in [0.05, 0.1) is 0 Å². The lowest BCUT2D eigenvalue weighted by molar-refractivity contribution is -0.118. The number of carbonyl (C=O) groups is 1. The van der Waals surface area contributed by atoms with Crippen molar-refractivity contribution in [3.63, 3.8) is 0 Å². The van der Waals surface area contributed by atoms with Crippen molar-refractivity contribution in [3.05, 3.63) is 0 Å². The summed E-state index contributed by atoms with van der Waals surface area (Å²) in [4.78, 5) is 9.89. The van der Waals surface area contributed by atoms with E-state index < -0.39 is 11.9 Å². The van der Waals surface area contributed by atoms with Crippen molar-refractivity contribution in [3.8, 4) is 12.3 Å². The number of primary amides is 1. The van der Waals surface area contributed by atoms with Gasteiger partial charge in [0.2, 0.25) is 5.91 Å². The van der Waals surface area contributed by atoms with Gasteiger partial charge in [-0.2, -0.15) is 0 Å². The van der Waals surface area contributed by atoms with Crippen molar-refractivity contribution >= 4 is 5.91 Å². The molecule has 38 valence electrons. The summed E-state index contributed by atoms with van der Waals surface area (Å²) in [5, 5.41) is 0. The second-order valence-corrected chi connectivity index (χ2v) is 1.05. The molecule has 0 radical (unpaired) electrons. The molecule has 1 atom stereocenters. The van der Waals surface area contributed by atoms with Gasteiger partial charge in [0.1, 0.15) is 6.04 Å². The third kappa shape index (κ3) is 1.79. The van der Waals surface area contributed by atoms with Gasteiger partial charge in [0.15, 0.2) is 0 Å². The van der Waals surface area contributed by atoms with Gasteiger partial charge < -0.3 is 11.5 Å². The van der Waals surface area contributed by atoms with E-state index in [1.54, 1.807) is 0 Å². The van der Waals surface area contributed by atoms with Gasteiger partial charge in [-0.05, 0) is 0 Å². The second-order valence-electron chi connectivity index (χ2n) is 1.05. The maximum absolute atomic E-state index is 9.89. The van der Waals surface area contributed by atoms with Gasteiger partial charge in [0, 0.05) is 0 Å². The lowest BCUT2D eigenvalue weighted by Gasteiger charge is -1.91. The Labute approximate surface area is 41.7 Å². The van der Waals surface area contributed by atoms with E-state index in [1.807, 2.05) is 5.92 Å². The third-order valence-corrected chi connectivity index (χ3v) is 0.486. The highest BCUT2D eigenvalue weighted by atomic mass is 16.1. The quantitative estimate of drug-likeness (QED) is 0.389. The molecule has 7 heavy (non-hydrogen) atoms. The number of hydrogen-bond acceptors (Lipinski definition) is 2. The van der Waals surface area contributed by atoms with Gasteiger partial charge in [-0.3, -0.25) is 4.79 Å². The van der Waals surface area contributed by atoms with E-state index in [2.05, 4.69) is 5.73 Å². The van der Waals surface area contributed by atoms with Crippen LogP contribution in [0.4, 0.5) is 0 Å². The fraction of sp³-hybridized carbons (Fsp3) is 0.250. The zero-order valence-corrected chi connectivity index (χ0v) is 3.72. The van der Waals surface area contributed by atoms with Crippen LogP contribution in [0.2, 0.25) is 0 Å². The highest BCUT2D eigenvalue weighted by Crippen LogP contribution is 1.65. The first-order valence-electron chi connectivity index (χ1n) is 1.69. The molecule has 0 spiro atoms. The van der Waals surface area contributed by atoms with E-state index in [0.717, 1.165) is 0 Å². The van der Waals surface area contributed by atoms with E-state index >= 15 is 0 Å². The van der Waals surface area contributed by atoms with E-state index in [1.165, 1.54) is 0 Å². The number of rotatable bonds is 1. The first-order chi connectivity index (χ1) is 3.18. The van der Waals surface area contributed by atoms with E-state index in [9.17, 15) is 4.79 Å². The lowest BCUT2D eigenvalue weighted by atomic mass is 10.3. The molecule has 0 aliphatic heterocycles. The summed E-state index contributed by atoms with van der Waals surface area (Å²) in [6, 6.07) is -0.931. The van der Waals surface area contributed by atoms with Gasteiger partial charge >= 0.3 is 0 Å². The molecule has 0 heterocycles. The maximum Gasteiger partial charge on any atom is 0.246 e. The van der Waals surface area contributed by atoms with Gasteiger partial charge in [-0.1, -0.05) is 5.92 Å². The molecule has 0 saturated heterocycles. The number of hydrogen-bond donors (Lipinski definition) is 2. The van der Waals surface area contributed by atoms with E-state index in [4.69, 9.17) is 12.2 Å². The van der Waals surface area contributed by atoms with Crippen LogP contribution in [0, 0.1) is 12.3 Å². The van der Waals surface area contributed by atoms with Crippen LogP contribution in [-0.4, -0.2) is 11.9 Å². The molecular formula is C4H6N2O. The largest absolute Gasteiger partial charge is 0.367 e. The normalized spacial score (nSPS) is 12.0. The summed E-state index contributed by atoms with van der Waals surface area (Å²) in [5.41, 5.74) is 9.55. The van der Waals surface area contributed by atoms with Crippen molar-refractivity contribution in [2.24, 2.45) is 11.5 Å². The SMILES string of the molecule is C#C[C@@H](N)C(N)=O. The molecule has 0 rings (SSSR count). The van der Waals surface area contributed by atoms with Crippen LogP contribution in [0.1, 0.15) is 0 Å². The minimum atomic E-state index is -0.931. The molecule has 0 saturated carbocycles. The average Bonchev–Trinajstić information content (AvgIpc) is 1.65. The Balaban J connectivity index is 3.63. The zero-order valence-electron chi connectivity index (χ0n) is 3.72. The van der Waals surface area contributed by atoms with Crippen molar-refractivity contribution in [1.82, 2.24) is 0 Å². The Morgan fingerprint density at radius 3 is 2.29 bits per heavy atom. The Bertz CT molecular complexity index is 113. The topological polar surface area (TPSA) is 69.1 Å². The van der Waals surface area contributed by atoms with E-state index in [-0.39, 0.29) is 0 Å². The van der Waals surface area contributed by atoms with Crippen molar-refractivity contribution in [2.75, 3.05) is 0 Å². The molecule has 0 unspecified atom stereocenters. The lowest BCUT2D eigenvalue weighted by Crippen LogP contribution is -2.34. The summed E-state index contributed by atoms with van der Waals surface area (Å²) in [7, 11) is 0. The molecule has 3 nitrogen and oxygen atoms in total. The first kappa shape index (κ1) is 5.99. The maximum atomic E-state index is 9.89. The Morgan fingerprint density at radius 1 is 1.86 bits per heavy atom. The molecule has 3 heteroatoms. The summed E-state index contributed by atoms with van der Waals surface area (Å²) in [6.07, 6.45) is 4.70. The average molecular weight is 98.1 g/mol. The summed E-state index contributed by atoms with van der Waals surface area (Å²) >= 11 is 0. The predicted octanol–water partition coefficient (Wildman–Crippen LogP) is -1.57. The van der Waals surface area contributed by atoms with Gasteiger partial charge in [0.25, 0.3) is 0 Å². The van der Waals surface area contributed by atoms with Crippen LogP contribution < -0.4 is 11.5 Å². The molecule has 0 bridgehead atoms. The van der Waals surface area contributed by atoms with Gasteiger partial charge in [-0.25, -0.2) is 0 Å². The fourth-order valence-corrected chi connectivity index (χ4v) is 0.0821. The fourth-order valence-electron chi connectivity index (χ4n) is 0.0821.